The van der Waals surface area contributed by atoms with Crippen LogP contribution in [0, 0.1) is 0 Å². The van der Waals surface area contributed by atoms with Gasteiger partial charge in [-0.2, -0.15) is 0 Å². The molecule has 0 radical (unpaired) electrons. The smallest absolute Gasteiger partial charge is 0.0913 e. The van der Waals surface area contributed by atoms with E-state index in [1.807, 2.05) is 13.1 Å². The molecule has 68 valence electrons. The minimum Gasteiger partial charge on any atom is -0.571 e. The normalized spacial score (nSPS) is 25.4. The largest absolute Gasteiger partial charge is 0.571 e. The van der Waals surface area contributed by atoms with Gasteiger partial charge in [0.15, 0.2) is 0 Å². The molecule has 0 aromatic heterocycles. The van der Waals surface area contributed by atoms with Gasteiger partial charge in [-0.15, -0.1) is 0 Å². The highest BCUT2D eigenvalue weighted by molar-refractivity contribution is 4.97. The summed E-state index contributed by atoms with van der Waals surface area (Å²) < 4.78 is 5.21. The lowest BCUT2D eigenvalue weighted by Gasteiger charge is -2.41. The minimum atomic E-state index is 0.763. The molecule has 2 aliphatic rings. The van der Waals surface area contributed by atoms with Gasteiger partial charge in [-0.1, -0.05) is 0 Å². The molecule has 0 unspecified atom stereocenters. The lowest BCUT2D eigenvalue weighted by Crippen LogP contribution is -2.43. The van der Waals surface area contributed by atoms with Crippen LogP contribution in [-0.2, 0) is 9.57 Å². The molecule has 0 atom stereocenters. The zero-order valence-electron chi connectivity index (χ0n) is 7.06. The van der Waals surface area contributed by atoms with Crippen LogP contribution < -0.4 is 0 Å². The summed E-state index contributed by atoms with van der Waals surface area (Å²) >= 11 is 0. The van der Waals surface area contributed by atoms with Crippen LogP contribution in [0.1, 0.15) is 6.92 Å². The lowest BCUT2D eigenvalue weighted by atomic mass is 10.5. The summed E-state index contributed by atoms with van der Waals surface area (Å²) in [6.45, 7) is 5.15. The number of hydrogen-bond acceptors (Lipinski definition) is 4. The van der Waals surface area contributed by atoms with E-state index in [0.29, 0.717) is 0 Å². The summed E-state index contributed by atoms with van der Waals surface area (Å²) in [5.74, 6) is 0.821. The first-order chi connectivity index (χ1) is 5.86. The molecule has 0 N–H and O–H groups in total. The average Bonchev–Trinajstić information content (AvgIpc) is 2.54. The maximum atomic E-state index is 5.21. The van der Waals surface area contributed by atoms with Crippen LogP contribution in [0.3, 0.4) is 0 Å². The van der Waals surface area contributed by atoms with E-state index in [9.17, 15) is 0 Å². The van der Waals surface area contributed by atoms with Gasteiger partial charge in [-0.25, -0.2) is 5.01 Å². The molecular weight excluding hydrogens is 158 g/mol. The fourth-order valence-electron chi connectivity index (χ4n) is 1.21. The van der Waals surface area contributed by atoms with E-state index in [4.69, 9.17) is 9.57 Å². The summed E-state index contributed by atoms with van der Waals surface area (Å²) in [5, 5.41) is 3.82. The fourth-order valence-corrected chi connectivity index (χ4v) is 1.21. The Labute approximate surface area is 71.4 Å². The molecule has 0 aromatic rings. The Bertz CT molecular complexity index is 189. The first kappa shape index (κ1) is 7.85. The molecule has 12 heavy (non-hydrogen) atoms. The van der Waals surface area contributed by atoms with Crippen molar-refractivity contribution < 1.29 is 9.57 Å². The van der Waals surface area contributed by atoms with E-state index < -0.39 is 0 Å². The molecular formula is C7H12N3O2-. The Morgan fingerprint density at radius 3 is 2.75 bits per heavy atom. The Hall–Kier alpha value is -0.780. The van der Waals surface area contributed by atoms with E-state index in [1.165, 1.54) is 0 Å². The van der Waals surface area contributed by atoms with Gasteiger partial charge < -0.3 is 20.3 Å². The third-order valence-corrected chi connectivity index (χ3v) is 1.84. The molecule has 1 fully saturated rings. The predicted octanol–water partition coefficient (Wildman–Crippen LogP) is 0.631. The van der Waals surface area contributed by atoms with E-state index in [0.717, 1.165) is 32.1 Å². The number of morpholine rings is 1. The summed E-state index contributed by atoms with van der Waals surface area (Å²) in [7, 11) is 0. The molecule has 5 nitrogen and oxygen atoms in total. The summed E-state index contributed by atoms with van der Waals surface area (Å²) in [6.07, 6.45) is 1.87. The molecule has 0 bridgehead atoms. The molecule has 1 saturated heterocycles. The van der Waals surface area contributed by atoms with Crippen molar-refractivity contribution in [3.63, 3.8) is 0 Å². The van der Waals surface area contributed by atoms with E-state index in [2.05, 4.69) is 10.6 Å². The van der Waals surface area contributed by atoms with Gasteiger partial charge in [0, 0.05) is 19.3 Å². The maximum absolute atomic E-state index is 5.21. The Morgan fingerprint density at radius 1 is 1.42 bits per heavy atom. The highest BCUT2D eigenvalue weighted by Crippen LogP contribution is 2.20. The fraction of sp³-hybridized carbons (Fsp3) is 0.714. The van der Waals surface area contributed by atoms with Gasteiger partial charge in [-0.05, 0) is 6.92 Å². The SMILES string of the molecule is CC1=CN(N2CCOCC2)[N-]O1. The van der Waals surface area contributed by atoms with Gasteiger partial charge >= 0.3 is 0 Å². The van der Waals surface area contributed by atoms with Crippen LogP contribution in [0.4, 0.5) is 0 Å². The zero-order chi connectivity index (χ0) is 8.39. The number of hydrazine groups is 1. The highest BCUT2D eigenvalue weighted by Gasteiger charge is 2.13. The molecule has 0 aromatic carbocycles. The summed E-state index contributed by atoms with van der Waals surface area (Å²) in [6, 6.07) is 0. The zero-order valence-corrected chi connectivity index (χ0v) is 7.06. The first-order valence-electron chi connectivity index (χ1n) is 4.04. The van der Waals surface area contributed by atoms with Gasteiger partial charge in [0.1, 0.15) is 0 Å². The van der Waals surface area contributed by atoms with Crippen molar-refractivity contribution in [3.8, 4) is 0 Å². The number of allylic oxidation sites excluding steroid dienone is 1. The summed E-state index contributed by atoms with van der Waals surface area (Å²) in [5.41, 5.74) is 3.85. The predicted molar refractivity (Wildman–Crippen MR) is 42.4 cm³/mol. The van der Waals surface area contributed by atoms with Crippen LogP contribution in [0.25, 0.3) is 5.59 Å². The Morgan fingerprint density at radius 2 is 2.17 bits per heavy atom. The van der Waals surface area contributed by atoms with Crippen molar-refractivity contribution in [2.75, 3.05) is 26.3 Å². The highest BCUT2D eigenvalue weighted by atomic mass is 16.7. The van der Waals surface area contributed by atoms with Crippen molar-refractivity contribution in [2.45, 2.75) is 6.92 Å². The minimum absolute atomic E-state index is 0.763. The number of rotatable bonds is 1. The van der Waals surface area contributed by atoms with E-state index in [-0.39, 0.29) is 0 Å². The second-order valence-electron chi connectivity index (χ2n) is 2.80. The second-order valence-corrected chi connectivity index (χ2v) is 2.80. The van der Waals surface area contributed by atoms with Crippen LogP contribution in [0.15, 0.2) is 12.0 Å². The molecule has 0 saturated carbocycles. The van der Waals surface area contributed by atoms with Crippen LogP contribution in [0.5, 0.6) is 0 Å². The Kier molecular flexibility index (Phi) is 2.16. The molecule has 2 aliphatic heterocycles. The van der Waals surface area contributed by atoms with Crippen molar-refractivity contribution in [2.24, 2.45) is 0 Å². The molecule has 5 heteroatoms. The standard InChI is InChI=1S/C7H12N3O2/c1-7-6-10(8-12-7)9-2-4-11-5-3-9/h6H,2-5H2,1H3/q-1. The second kappa shape index (κ2) is 3.30. The van der Waals surface area contributed by atoms with Gasteiger partial charge in [0.05, 0.1) is 19.0 Å². The van der Waals surface area contributed by atoms with Crippen LogP contribution >= 0.6 is 0 Å². The molecule has 0 spiro atoms. The third kappa shape index (κ3) is 1.52. The van der Waals surface area contributed by atoms with Crippen LogP contribution in [-0.4, -0.2) is 36.4 Å². The van der Waals surface area contributed by atoms with Gasteiger partial charge in [-0.3, -0.25) is 0 Å². The monoisotopic (exact) mass is 170 g/mol. The van der Waals surface area contributed by atoms with Gasteiger partial charge in [0.25, 0.3) is 0 Å². The average molecular weight is 170 g/mol. The number of ether oxygens (including phenoxy) is 1. The lowest BCUT2D eigenvalue weighted by molar-refractivity contribution is -0.0564. The first-order valence-corrected chi connectivity index (χ1v) is 4.04. The van der Waals surface area contributed by atoms with Crippen LogP contribution in [0.2, 0.25) is 0 Å². The topological polar surface area (TPSA) is 39.0 Å². The van der Waals surface area contributed by atoms with Crippen molar-refractivity contribution in [1.82, 2.24) is 10.1 Å². The number of nitrogens with zero attached hydrogens (tertiary/aromatic N) is 3. The quantitative estimate of drug-likeness (QED) is 0.578. The van der Waals surface area contributed by atoms with E-state index in [1.54, 1.807) is 5.12 Å². The van der Waals surface area contributed by atoms with Crippen molar-refractivity contribution in [3.05, 3.63) is 17.5 Å². The van der Waals surface area contributed by atoms with Crippen molar-refractivity contribution in [1.29, 1.82) is 0 Å². The third-order valence-electron chi connectivity index (χ3n) is 1.84. The Balaban J connectivity index is 1.91. The molecule has 2 rings (SSSR count). The van der Waals surface area contributed by atoms with Gasteiger partial charge in [0.2, 0.25) is 0 Å². The maximum Gasteiger partial charge on any atom is 0.0913 e. The van der Waals surface area contributed by atoms with E-state index >= 15 is 0 Å². The van der Waals surface area contributed by atoms with Crippen molar-refractivity contribution >= 4 is 0 Å². The number of hydrogen-bond donors (Lipinski definition) is 0. The summed E-state index contributed by atoms with van der Waals surface area (Å²) in [4.78, 5) is 4.95. The molecule has 2 heterocycles. The molecule has 0 amide bonds. The molecule has 0 aliphatic carbocycles.